The van der Waals surface area contributed by atoms with Crippen molar-refractivity contribution < 1.29 is 17.9 Å². The Morgan fingerprint density at radius 2 is 1.61 bits per heavy atom. The maximum absolute atomic E-state index is 13.5. The molecule has 3 heterocycles. The van der Waals surface area contributed by atoms with E-state index in [9.17, 15) is 8.42 Å². The molecule has 4 aromatic rings. The number of sulfonamides is 1. The van der Waals surface area contributed by atoms with E-state index in [1.54, 1.807) is 73.5 Å². The van der Waals surface area contributed by atoms with Gasteiger partial charge in [0.05, 0.1) is 19.5 Å². The average Bonchev–Trinajstić information content (AvgIpc) is 3.30. The molecule has 1 aromatic carbocycles. The number of aryl methyl sites for hydroxylation is 1. The number of nitrogens with zero attached hydrogens (tertiary/aromatic N) is 6. The van der Waals surface area contributed by atoms with E-state index in [4.69, 9.17) is 9.47 Å². The van der Waals surface area contributed by atoms with Crippen molar-refractivity contribution in [1.29, 1.82) is 0 Å². The summed E-state index contributed by atoms with van der Waals surface area (Å²) in [5.41, 5.74) is 1.95. The molecule has 11 nitrogen and oxygen atoms in total. The highest BCUT2D eigenvalue weighted by Crippen LogP contribution is 2.38. The Bertz CT molecular complexity index is 1420. The molecule has 0 bridgehead atoms. The van der Waals surface area contributed by atoms with Crippen LogP contribution in [-0.2, 0) is 10.0 Å². The van der Waals surface area contributed by atoms with Gasteiger partial charge in [-0.3, -0.25) is 14.3 Å². The van der Waals surface area contributed by atoms with Crippen molar-refractivity contribution in [3.8, 4) is 28.6 Å². The van der Waals surface area contributed by atoms with Gasteiger partial charge in [0.2, 0.25) is 16.0 Å². The number of hydrogen-bond donors (Lipinski definition) is 1. The van der Waals surface area contributed by atoms with Gasteiger partial charge in [-0.15, -0.1) is 10.2 Å². The summed E-state index contributed by atoms with van der Waals surface area (Å²) >= 11 is 0. The van der Waals surface area contributed by atoms with Crippen LogP contribution in [0.15, 0.2) is 55.1 Å². The molecule has 0 amide bonds. The third kappa shape index (κ3) is 4.85. The summed E-state index contributed by atoms with van der Waals surface area (Å²) < 4.78 is 42.3. The first-order valence-corrected chi connectivity index (χ1v) is 12.7. The lowest BCUT2D eigenvalue weighted by Gasteiger charge is -2.21. The van der Waals surface area contributed by atoms with Crippen LogP contribution in [0.25, 0.3) is 17.1 Å². The molecular formula is C24H27N7O4S. The fourth-order valence-electron chi connectivity index (χ4n) is 3.63. The first-order chi connectivity index (χ1) is 17.3. The quantitative estimate of drug-likeness (QED) is 0.360. The molecule has 12 heteroatoms. The molecule has 0 aliphatic carbocycles. The zero-order valence-corrected chi connectivity index (χ0v) is 21.4. The Labute approximate surface area is 209 Å². The van der Waals surface area contributed by atoms with Crippen LogP contribution in [0.2, 0.25) is 0 Å². The van der Waals surface area contributed by atoms with Crippen LogP contribution in [0, 0.1) is 6.92 Å². The minimum atomic E-state index is -3.96. The predicted octanol–water partition coefficient (Wildman–Crippen LogP) is 3.38. The summed E-state index contributed by atoms with van der Waals surface area (Å²) in [7, 11) is -0.929. The Balaban J connectivity index is 1.81. The smallest absolute Gasteiger partial charge is 0.243 e. The SMILES string of the molecule is COc1cccc(OC)c1-n1c(NS(=O)(=O)C(C)C(C)c2ncc(C)cn2)nnc1-c1cccnc1. The molecule has 4 rings (SSSR count). The van der Waals surface area contributed by atoms with Crippen LogP contribution in [0.1, 0.15) is 31.2 Å². The standard InChI is InChI=1S/C24H27N7O4S/c1-15-12-26-22(27-13-15)16(2)17(3)36(32,33)30-24-29-28-23(18-8-7-11-25-14-18)31(24)21-19(34-4)9-6-10-20(21)35-5/h6-14,16-17H,1-5H3,(H,29,30). The van der Waals surface area contributed by atoms with Gasteiger partial charge in [-0.05, 0) is 43.7 Å². The molecule has 2 atom stereocenters. The monoisotopic (exact) mass is 509 g/mol. The largest absolute Gasteiger partial charge is 0.494 e. The molecule has 0 aliphatic heterocycles. The number of methoxy groups -OCH3 is 2. The molecule has 0 saturated heterocycles. The van der Waals surface area contributed by atoms with Crippen molar-refractivity contribution in [2.75, 3.05) is 18.9 Å². The van der Waals surface area contributed by atoms with Gasteiger partial charge in [0, 0.05) is 36.3 Å². The topological polar surface area (TPSA) is 134 Å². The average molecular weight is 510 g/mol. The van der Waals surface area contributed by atoms with E-state index in [1.807, 2.05) is 6.92 Å². The number of para-hydroxylation sites is 1. The number of nitrogens with one attached hydrogen (secondary N) is 1. The maximum atomic E-state index is 13.5. The summed E-state index contributed by atoms with van der Waals surface area (Å²) in [6.45, 7) is 5.24. The third-order valence-corrected chi connectivity index (χ3v) is 7.70. The summed E-state index contributed by atoms with van der Waals surface area (Å²) in [5.74, 6) is 1.15. The normalized spacial score (nSPS) is 13.1. The van der Waals surface area contributed by atoms with Crippen molar-refractivity contribution in [3.63, 3.8) is 0 Å². The van der Waals surface area contributed by atoms with E-state index < -0.39 is 21.2 Å². The molecule has 36 heavy (non-hydrogen) atoms. The number of hydrogen-bond acceptors (Lipinski definition) is 9. The van der Waals surface area contributed by atoms with Crippen molar-refractivity contribution in [2.24, 2.45) is 0 Å². The van der Waals surface area contributed by atoms with Crippen molar-refractivity contribution in [1.82, 2.24) is 29.7 Å². The molecule has 0 radical (unpaired) electrons. The number of aromatic nitrogens is 6. The van der Waals surface area contributed by atoms with Crippen LogP contribution >= 0.6 is 0 Å². The van der Waals surface area contributed by atoms with Crippen molar-refractivity contribution in [2.45, 2.75) is 31.9 Å². The van der Waals surface area contributed by atoms with Crippen LogP contribution < -0.4 is 14.2 Å². The first kappa shape index (κ1) is 25.0. The van der Waals surface area contributed by atoms with E-state index in [-0.39, 0.29) is 5.95 Å². The fraction of sp³-hybridized carbons (Fsp3) is 0.292. The van der Waals surface area contributed by atoms with Crippen LogP contribution in [0.5, 0.6) is 11.5 Å². The summed E-state index contributed by atoms with van der Waals surface area (Å²) in [6.07, 6.45) is 6.57. The van der Waals surface area contributed by atoms with Crippen molar-refractivity contribution in [3.05, 3.63) is 66.5 Å². The fourth-order valence-corrected chi connectivity index (χ4v) is 4.86. The Morgan fingerprint density at radius 3 is 2.19 bits per heavy atom. The second kappa shape index (κ2) is 10.3. The highest BCUT2D eigenvalue weighted by molar-refractivity contribution is 7.93. The van der Waals surface area contributed by atoms with Crippen LogP contribution in [0.3, 0.4) is 0 Å². The Morgan fingerprint density at radius 1 is 0.944 bits per heavy atom. The lowest BCUT2D eigenvalue weighted by molar-refractivity contribution is 0.391. The highest BCUT2D eigenvalue weighted by atomic mass is 32.2. The summed E-state index contributed by atoms with van der Waals surface area (Å²) in [6, 6.07) is 8.80. The second-order valence-electron chi connectivity index (χ2n) is 8.19. The van der Waals surface area contributed by atoms with E-state index in [2.05, 4.69) is 29.9 Å². The van der Waals surface area contributed by atoms with Crippen LogP contribution in [-0.4, -0.2) is 57.6 Å². The van der Waals surface area contributed by atoms with Gasteiger partial charge in [0.1, 0.15) is 23.0 Å². The van der Waals surface area contributed by atoms with E-state index >= 15 is 0 Å². The van der Waals surface area contributed by atoms with Gasteiger partial charge < -0.3 is 9.47 Å². The maximum Gasteiger partial charge on any atom is 0.243 e. The van der Waals surface area contributed by atoms with Crippen molar-refractivity contribution >= 4 is 16.0 Å². The number of anilines is 1. The lowest BCUT2D eigenvalue weighted by atomic mass is 10.1. The number of rotatable bonds is 9. The summed E-state index contributed by atoms with van der Waals surface area (Å²) in [4.78, 5) is 12.8. The minimum absolute atomic E-state index is 0.0273. The molecule has 0 aliphatic rings. The molecule has 0 saturated carbocycles. The zero-order valence-electron chi connectivity index (χ0n) is 20.6. The molecular weight excluding hydrogens is 482 g/mol. The van der Waals surface area contributed by atoms with E-state index in [0.717, 1.165) is 5.56 Å². The molecule has 0 fully saturated rings. The van der Waals surface area contributed by atoms with Gasteiger partial charge in [-0.1, -0.05) is 13.0 Å². The zero-order chi connectivity index (χ0) is 25.9. The predicted molar refractivity (Wildman–Crippen MR) is 135 cm³/mol. The van der Waals surface area contributed by atoms with Gasteiger partial charge >= 0.3 is 0 Å². The minimum Gasteiger partial charge on any atom is -0.494 e. The summed E-state index contributed by atoms with van der Waals surface area (Å²) in [5, 5.41) is 7.58. The highest BCUT2D eigenvalue weighted by Gasteiger charge is 2.32. The molecule has 0 spiro atoms. The van der Waals surface area contributed by atoms with E-state index in [0.29, 0.717) is 34.4 Å². The number of ether oxygens (including phenoxy) is 2. The van der Waals surface area contributed by atoms with Gasteiger partial charge in [0.25, 0.3) is 0 Å². The molecule has 3 aromatic heterocycles. The number of pyridine rings is 1. The second-order valence-corrected chi connectivity index (χ2v) is 10.2. The molecule has 188 valence electrons. The Hall–Kier alpha value is -4.06. The van der Waals surface area contributed by atoms with E-state index in [1.165, 1.54) is 14.2 Å². The first-order valence-electron chi connectivity index (χ1n) is 11.1. The van der Waals surface area contributed by atoms with Gasteiger partial charge in [-0.25, -0.2) is 18.4 Å². The van der Waals surface area contributed by atoms with Gasteiger partial charge in [-0.2, -0.15) is 0 Å². The lowest BCUT2D eigenvalue weighted by Crippen LogP contribution is -2.31. The van der Waals surface area contributed by atoms with Crippen LogP contribution in [0.4, 0.5) is 5.95 Å². The number of benzene rings is 1. The molecule has 1 N–H and O–H groups in total. The van der Waals surface area contributed by atoms with Gasteiger partial charge in [0.15, 0.2) is 5.82 Å². The third-order valence-electron chi connectivity index (χ3n) is 5.84. The Kier molecular flexibility index (Phi) is 7.15. The molecule has 2 unspecified atom stereocenters.